The van der Waals surface area contributed by atoms with Gasteiger partial charge in [0.05, 0.1) is 11.4 Å². The van der Waals surface area contributed by atoms with Crippen LogP contribution in [0.15, 0.2) is 5.38 Å². The van der Waals surface area contributed by atoms with E-state index < -0.39 is 18.8 Å². The number of thiazole rings is 1. The number of carboxylic acid groups (broad SMARTS) is 1. The highest BCUT2D eigenvalue weighted by atomic mass is 32.1. The van der Waals surface area contributed by atoms with E-state index in [1.165, 1.54) is 5.38 Å². The van der Waals surface area contributed by atoms with Gasteiger partial charge in [-0.25, -0.2) is 18.6 Å². The van der Waals surface area contributed by atoms with Crippen molar-refractivity contribution in [3.05, 3.63) is 16.1 Å². The summed E-state index contributed by atoms with van der Waals surface area (Å²) in [4.78, 5) is 13.7. The minimum Gasteiger partial charge on any atom is -0.476 e. The molecule has 0 unspecified atom stereocenters. The molecule has 3 nitrogen and oxygen atoms in total. The van der Waals surface area contributed by atoms with Crippen molar-refractivity contribution in [2.75, 3.05) is 0 Å². The van der Waals surface area contributed by atoms with Crippen LogP contribution in [0.5, 0.6) is 0 Å². The highest BCUT2D eigenvalue weighted by molar-refractivity contribution is 7.09. The van der Waals surface area contributed by atoms with Gasteiger partial charge in [0.1, 0.15) is 0 Å². The zero-order valence-corrected chi connectivity index (χ0v) is 6.65. The third-order valence-corrected chi connectivity index (χ3v) is 1.97. The molecule has 0 saturated carbocycles. The second kappa shape index (κ2) is 3.57. The number of aromatic carboxylic acids is 1. The van der Waals surface area contributed by atoms with Gasteiger partial charge in [0.15, 0.2) is 5.69 Å². The summed E-state index contributed by atoms with van der Waals surface area (Å²) in [6.07, 6.45) is -2.95. The summed E-state index contributed by atoms with van der Waals surface area (Å²) in [5.41, 5.74) is -0.171. The number of aromatic nitrogens is 1. The molecule has 1 aromatic rings. The average molecular weight is 193 g/mol. The fraction of sp³-hybridized carbons (Fsp3) is 0.333. The number of rotatable bonds is 3. The first-order chi connectivity index (χ1) is 5.59. The molecular weight excluding hydrogens is 188 g/mol. The van der Waals surface area contributed by atoms with Crippen molar-refractivity contribution in [1.82, 2.24) is 4.98 Å². The highest BCUT2D eigenvalue weighted by Gasteiger charge is 2.11. The van der Waals surface area contributed by atoms with Gasteiger partial charge in [0, 0.05) is 5.38 Å². The molecule has 0 amide bonds. The van der Waals surface area contributed by atoms with Gasteiger partial charge in [0.25, 0.3) is 0 Å². The number of carboxylic acids is 1. The summed E-state index contributed by atoms with van der Waals surface area (Å²) < 4.78 is 23.5. The second-order valence-electron chi connectivity index (χ2n) is 2.03. The first kappa shape index (κ1) is 9.05. The molecule has 12 heavy (non-hydrogen) atoms. The topological polar surface area (TPSA) is 50.2 Å². The van der Waals surface area contributed by atoms with Gasteiger partial charge >= 0.3 is 5.97 Å². The molecule has 0 bridgehead atoms. The molecule has 0 atom stereocenters. The summed E-state index contributed by atoms with van der Waals surface area (Å²) >= 11 is 0.934. The van der Waals surface area contributed by atoms with E-state index in [4.69, 9.17) is 5.11 Å². The van der Waals surface area contributed by atoms with Crippen molar-refractivity contribution in [3.8, 4) is 0 Å². The molecule has 0 saturated heterocycles. The van der Waals surface area contributed by atoms with E-state index in [0.29, 0.717) is 0 Å². The summed E-state index contributed by atoms with van der Waals surface area (Å²) in [7, 11) is 0. The Morgan fingerprint density at radius 2 is 2.42 bits per heavy atom. The SMILES string of the molecule is O=C(O)c1csc(CC(F)F)n1. The molecule has 0 fully saturated rings. The number of nitrogens with zero attached hydrogens (tertiary/aromatic N) is 1. The van der Waals surface area contributed by atoms with Crippen molar-refractivity contribution in [3.63, 3.8) is 0 Å². The maximum Gasteiger partial charge on any atom is 0.355 e. The van der Waals surface area contributed by atoms with Gasteiger partial charge in [-0.05, 0) is 0 Å². The smallest absolute Gasteiger partial charge is 0.355 e. The highest BCUT2D eigenvalue weighted by Crippen LogP contribution is 2.13. The van der Waals surface area contributed by atoms with Crippen LogP contribution < -0.4 is 0 Å². The zero-order valence-electron chi connectivity index (χ0n) is 5.83. The van der Waals surface area contributed by atoms with Crippen LogP contribution in [0.1, 0.15) is 15.5 Å². The number of hydrogen-bond acceptors (Lipinski definition) is 3. The van der Waals surface area contributed by atoms with Crippen LogP contribution in [0.4, 0.5) is 8.78 Å². The molecule has 0 aliphatic carbocycles. The summed E-state index contributed by atoms with van der Waals surface area (Å²) in [5.74, 6) is -1.19. The van der Waals surface area contributed by atoms with Gasteiger partial charge in [-0.15, -0.1) is 11.3 Å². The molecule has 0 radical (unpaired) electrons. The first-order valence-electron chi connectivity index (χ1n) is 3.05. The van der Waals surface area contributed by atoms with Gasteiger partial charge in [0.2, 0.25) is 6.43 Å². The number of alkyl halides is 2. The van der Waals surface area contributed by atoms with Crippen LogP contribution in [-0.2, 0) is 6.42 Å². The average Bonchev–Trinajstić information content (AvgIpc) is 2.34. The predicted molar refractivity (Wildman–Crippen MR) is 38.8 cm³/mol. The number of halogens is 2. The fourth-order valence-corrected chi connectivity index (χ4v) is 1.41. The Balaban J connectivity index is 2.71. The van der Waals surface area contributed by atoms with Crippen LogP contribution in [0, 0.1) is 0 Å². The van der Waals surface area contributed by atoms with Gasteiger partial charge in [-0.1, -0.05) is 0 Å². The maximum atomic E-state index is 11.8. The van der Waals surface area contributed by atoms with E-state index in [9.17, 15) is 13.6 Å². The standard InChI is InChI=1S/C6H5F2NO2S/c7-4(8)1-5-9-3(2-12-5)6(10)11/h2,4H,1H2,(H,10,11). The van der Waals surface area contributed by atoms with Crippen LogP contribution >= 0.6 is 11.3 Å². The molecule has 0 spiro atoms. The lowest BCUT2D eigenvalue weighted by molar-refractivity contribution is 0.0690. The lowest BCUT2D eigenvalue weighted by atomic mass is 10.4. The van der Waals surface area contributed by atoms with E-state index in [1.54, 1.807) is 0 Å². The minimum atomic E-state index is -2.47. The predicted octanol–water partition coefficient (Wildman–Crippen LogP) is 1.65. The van der Waals surface area contributed by atoms with Crippen LogP contribution in [0.25, 0.3) is 0 Å². The maximum absolute atomic E-state index is 11.8. The van der Waals surface area contributed by atoms with Crippen molar-refractivity contribution in [2.24, 2.45) is 0 Å². The van der Waals surface area contributed by atoms with E-state index in [1.807, 2.05) is 0 Å². The van der Waals surface area contributed by atoms with Crippen molar-refractivity contribution in [2.45, 2.75) is 12.8 Å². The summed E-state index contributed by atoms with van der Waals surface area (Å²) in [6.45, 7) is 0. The molecule has 0 aliphatic rings. The third kappa shape index (κ3) is 2.23. The number of hydrogen-bond donors (Lipinski definition) is 1. The number of carbonyl (C=O) groups is 1. The molecule has 1 heterocycles. The van der Waals surface area contributed by atoms with E-state index >= 15 is 0 Å². The molecule has 6 heteroatoms. The first-order valence-corrected chi connectivity index (χ1v) is 3.93. The van der Waals surface area contributed by atoms with Gasteiger partial charge in [-0.3, -0.25) is 0 Å². The quantitative estimate of drug-likeness (QED) is 0.794. The largest absolute Gasteiger partial charge is 0.476 e. The van der Waals surface area contributed by atoms with Crippen LogP contribution in [0.2, 0.25) is 0 Å². The Hall–Kier alpha value is -1.04. The lowest BCUT2D eigenvalue weighted by Crippen LogP contribution is -1.99. The van der Waals surface area contributed by atoms with Gasteiger partial charge in [-0.2, -0.15) is 0 Å². The van der Waals surface area contributed by atoms with E-state index in [0.717, 1.165) is 11.3 Å². The normalized spacial score (nSPS) is 10.6. The zero-order chi connectivity index (χ0) is 9.14. The Labute approximate surface area is 70.7 Å². The molecular formula is C6H5F2NO2S. The van der Waals surface area contributed by atoms with Crippen molar-refractivity contribution in [1.29, 1.82) is 0 Å². The second-order valence-corrected chi connectivity index (χ2v) is 2.97. The Bertz CT molecular complexity index is 287. The Morgan fingerprint density at radius 3 is 2.83 bits per heavy atom. The molecule has 0 aromatic carbocycles. The van der Waals surface area contributed by atoms with Crippen LogP contribution in [0.3, 0.4) is 0 Å². The third-order valence-electron chi connectivity index (χ3n) is 1.10. The molecule has 1 N–H and O–H groups in total. The van der Waals surface area contributed by atoms with Gasteiger partial charge < -0.3 is 5.11 Å². The monoisotopic (exact) mass is 193 g/mol. The van der Waals surface area contributed by atoms with Crippen molar-refractivity contribution < 1.29 is 18.7 Å². The van der Waals surface area contributed by atoms with E-state index in [2.05, 4.69) is 4.98 Å². The Kier molecular flexibility index (Phi) is 2.69. The minimum absolute atomic E-state index is 0.155. The molecule has 1 rings (SSSR count). The van der Waals surface area contributed by atoms with Crippen molar-refractivity contribution >= 4 is 17.3 Å². The summed E-state index contributed by atoms with van der Waals surface area (Å²) in [5, 5.41) is 9.79. The fourth-order valence-electron chi connectivity index (χ4n) is 0.635. The Morgan fingerprint density at radius 1 is 1.75 bits per heavy atom. The molecule has 0 aliphatic heterocycles. The lowest BCUT2D eigenvalue weighted by Gasteiger charge is -1.91. The van der Waals surface area contributed by atoms with Crippen LogP contribution in [-0.4, -0.2) is 22.5 Å². The summed E-state index contributed by atoms with van der Waals surface area (Å²) in [6, 6.07) is 0. The molecule has 66 valence electrons. The van der Waals surface area contributed by atoms with E-state index in [-0.39, 0.29) is 10.7 Å². The molecule has 1 aromatic heterocycles.